The van der Waals surface area contributed by atoms with E-state index in [0.717, 1.165) is 30.0 Å². The van der Waals surface area contributed by atoms with Gasteiger partial charge in [-0.15, -0.1) is 11.3 Å². The minimum atomic E-state index is 0.0787. The molecule has 3 rings (SSSR count). The molecule has 6 heteroatoms. The van der Waals surface area contributed by atoms with Gasteiger partial charge in [0.1, 0.15) is 0 Å². The number of carbonyl (C=O) groups excluding carboxylic acids is 1. The van der Waals surface area contributed by atoms with E-state index in [-0.39, 0.29) is 5.91 Å². The molecule has 1 fully saturated rings. The van der Waals surface area contributed by atoms with Crippen molar-refractivity contribution >= 4 is 17.2 Å². The lowest BCUT2D eigenvalue weighted by Gasteiger charge is -2.27. The summed E-state index contributed by atoms with van der Waals surface area (Å²) in [6, 6.07) is 4.56. The fraction of sp³-hybridized carbons (Fsp3) is 0.556. The van der Waals surface area contributed by atoms with Crippen LogP contribution < -0.4 is 5.32 Å². The number of nitrogens with one attached hydrogen (secondary N) is 1. The molecule has 1 amide bonds. The first kappa shape index (κ1) is 17.2. The van der Waals surface area contributed by atoms with Gasteiger partial charge in [0.25, 0.3) is 0 Å². The zero-order valence-corrected chi connectivity index (χ0v) is 15.5. The van der Waals surface area contributed by atoms with Crippen molar-refractivity contribution in [3.8, 4) is 0 Å². The van der Waals surface area contributed by atoms with Crippen molar-refractivity contribution in [3.63, 3.8) is 0 Å². The van der Waals surface area contributed by atoms with Crippen LogP contribution >= 0.6 is 11.3 Å². The molecule has 1 aliphatic rings. The van der Waals surface area contributed by atoms with Gasteiger partial charge in [-0.25, -0.2) is 0 Å². The first-order chi connectivity index (χ1) is 11.6. The molecular formula is C18H26N4OS. The monoisotopic (exact) mass is 346 g/mol. The summed E-state index contributed by atoms with van der Waals surface area (Å²) in [5.74, 6) is 0.0787. The van der Waals surface area contributed by atoms with Gasteiger partial charge in [-0.3, -0.25) is 14.4 Å². The largest absolute Gasteiger partial charge is 0.354 e. The summed E-state index contributed by atoms with van der Waals surface area (Å²) >= 11 is 1.78. The van der Waals surface area contributed by atoms with Crippen LogP contribution in [0.3, 0.4) is 0 Å². The summed E-state index contributed by atoms with van der Waals surface area (Å²) < 4.78 is 1.84. The van der Waals surface area contributed by atoms with Crippen molar-refractivity contribution in [1.29, 1.82) is 0 Å². The minimum Gasteiger partial charge on any atom is -0.354 e. The molecule has 0 aromatic carbocycles. The lowest BCUT2D eigenvalue weighted by molar-refractivity contribution is -0.120. The average molecular weight is 347 g/mol. The second kappa shape index (κ2) is 7.49. The highest BCUT2D eigenvalue weighted by molar-refractivity contribution is 7.10. The van der Waals surface area contributed by atoms with Gasteiger partial charge < -0.3 is 5.32 Å². The van der Waals surface area contributed by atoms with Crippen LogP contribution in [0.2, 0.25) is 0 Å². The molecule has 0 aliphatic carbocycles. The molecule has 130 valence electrons. The lowest BCUT2D eigenvalue weighted by atomic mass is 10.1. The van der Waals surface area contributed by atoms with Gasteiger partial charge in [-0.1, -0.05) is 6.07 Å². The van der Waals surface area contributed by atoms with E-state index in [9.17, 15) is 4.79 Å². The zero-order valence-electron chi connectivity index (χ0n) is 14.7. The van der Waals surface area contributed by atoms with Gasteiger partial charge in [-0.05, 0) is 51.2 Å². The van der Waals surface area contributed by atoms with Crippen LogP contribution in [0, 0.1) is 13.8 Å². The topological polar surface area (TPSA) is 50.2 Å². The molecule has 2 aromatic heterocycles. The van der Waals surface area contributed by atoms with Crippen LogP contribution in [0.25, 0.3) is 0 Å². The van der Waals surface area contributed by atoms with E-state index in [4.69, 9.17) is 0 Å². The third-order valence-electron chi connectivity index (χ3n) is 4.94. The van der Waals surface area contributed by atoms with Gasteiger partial charge in [0.05, 0.1) is 18.2 Å². The van der Waals surface area contributed by atoms with Crippen molar-refractivity contribution < 1.29 is 4.79 Å². The molecule has 1 saturated heterocycles. The zero-order chi connectivity index (χ0) is 17.1. The predicted octanol–water partition coefficient (Wildman–Crippen LogP) is 2.59. The number of likely N-dealkylation sites (tertiary alicyclic amines) is 1. The maximum absolute atomic E-state index is 12.5. The van der Waals surface area contributed by atoms with Gasteiger partial charge in [0.2, 0.25) is 5.91 Å². The Labute approximate surface area is 147 Å². The first-order valence-electron chi connectivity index (χ1n) is 8.59. The van der Waals surface area contributed by atoms with Gasteiger partial charge >= 0.3 is 0 Å². The number of carbonyl (C=O) groups is 1. The third-order valence-corrected chi connectivity index (χ3v) is 5.92. The van der Waals surface area contributed by atoms with E-state index in [2.05, 4.69) is 32.8 Å². The van der Waals surface area contributed by atoms with Crippen molar-refractivity contribution in [3.05, 3.63) is 39.3 Å². The van der Waals surface area contributed by atoms with Crippen molar-refractivity contribution in [2.45, 2.75) is 39.2 Å². The third kappa shape index (κ3) is 3.70. The molecule has 1 aliphatic heterocycles. The molecule has 1 atom stereocenters. The van der Waals surface area contributed by atoms with Crippen molar-refractivity contribution in [2.75, 3.05) is 19.6 Å². The molecule has 0 bridgehead atoms. The highest BCUT2D eigenvalue weighted by Crippen LogP contribution is 2.27. The van der Waals surface area contributed by atoms with Crippen LogP contribution in [0.5, 0.6) is 0 Å². The minimum absolute atomic E-state index is 0.0787. The predicted molar refractivity (Wildman–Crippen MR) is 97.3 cm³/mol. The van der Waals surface area contributed by atoms with Crippen molar-refractivity contribution in [2.24, 2.45) is 7.05 Å². The van der Waals surface area contributed by atoms with Gasteiger partial charge in [-0.2, -0.15) is 5.10 Å². The molecule has 2 aromatic rings. The lowest BCUT2D eigenvalue weighted by Crippen LogP contribution is -2.37. The van der Waals surface area contributed by atoms with Crippen molar-refractivity contribution in [1.82, 2.24) is 20.0 Å². The summed E-state index contributed by atoms with van der Waals surface area (Å²) in [7, 11) is 1.92. The summed E-state index contributed by atoms with van der Waals surface area (Å²) in [6.45, 7) is 6.91. The number of aromatic nitrogens is 2. The maximum Gasteiger partial charge on any atom is 0.224 e. The molecule has 1 N–H and O–H groups in total. The number of amides is 1. The van der Waals surface area contributed by atoms with Crippen LogP contribution in [-0.4, -0.2) is 40.2 Å². The van der Waals surface area contributed by atoms with Crippen LogP contribution in [0.1, 0.15) is 40.7 Å². The Morgan fingerprint density at radius 1 is 1.38 bits per heavy atom. The second-order valence-electron chi connectivity index (χ2n) is 6.53. The van der Waals surface area contributed by atoms with Crippen LogP contribution in [0.4, 0.5) is 0 Å². The van der Waals surface area contributed by atoms with Crippen LogP contribution in [0.15, 0.2) is 17.5 Å². The van der Waals surface area contributed by atoms with E-state index in [0.29, 0.717) is 19.0 Å². The molecular weight excluding hydrogens is 320 g/mol. The number of hydrogen-bond acceptors (Lipinski definition) is 4. The number of nitrogens with zero attached hydrogens (tertiary/aromatic N) is 3. The van der Waals surface area contributed by atoms with E-state index in [1.54, 1.807) is 11.3 Å². The molecule has 24 heavy (non-hydrogen) atoms. The highest BCUT2D eigenvalue weighted by Gasteiger charge is 2.25. The summed E-state index contributed by atoms with van der Waals surface area (Å²) in [6.07, 6.45) is 2.91. The Balaban J connectivity index is 1.63. The summed E-state index contributed by atoms with van der Waals surface area (Å²) in [4.78, 5) is 16.3. The normalized spacial score (nSPS) is 16.5. The Morgan fingerprint density at radius 2 is 2.12 bits per heavy atom. The number of hydrogen-bond donors (Lipinski definition) is 1. The maximum atomic E-state index is 12.5. The molecule has 0 saturated carbocycles. The molecule has 0 spiro atoms. The quantitative estimate of drug-likeness (QED) is 0.875. The van der Waals surface area contributed by atoms with E-state index in [1.165, 1.54) is 17.7 Å². The smallest absolute Gasteiger partial charge is 0.224 e. The second-order valence-corrected chi connectivity index (χ2v) is 7.51. The number of rotatable bonds is 6. The van der Waals surface area contributed by atoms with E-state index >= 15 is 0 Å². The number of aryl methyl sites for hydroxylation is 2. The molecule has 3 heterocycles. The SMILES string of the molecule is Cc1nn(C)c(C)c1CC(=O)NCC(c1cccs1)N1CCCC1. The van der Waals surface area contributed by atoms with E-state index in [1.807, 2.05) is 25.6 Å². The van der Waals surface area contributed by atoms with Gasteiger partial charge in [0, 0.05) is 29.7 Å². The number of thiophene rings is 1. The fourth-order valence-corrected chi connectivity index (χ4v) is 4.31. The summed E-state index contributed by atoms with van der Waals surface area (Å²) in [5, 5.41) is 9.66. The molecule has 1 unspecified atom stereocenters. The highest BCUT2D eigenvalue weighted by atomic mass is 32.1. The Bertz CT molecular complexity index is 686. The molecule has 0 radical (unpaired) electrons. The fourth-order valence-electron chi connectivity index (χ4n) is 3.45. The standard InChI is InChI=1S/C18H26N4OS/c1-13-15(14(2)21(3)20-13)11-18(23)19-12-16(17-7-6-10-24-17)22-8-4-5-9-22/h6-7,10,16H,4-5,8-9,11-12H2,1-3H3,(H,19,23). The van der Waals surface area contributed by atoms with E-state index < -0.39 is 0 Å². The average Bonchev–Trinajstić information content (AvgIpc) is 3.28. The Hall–Kier alpha value is -1.66. The van der Waals surface area contributed by atoms with Gasteiger partial charge in [0.15, 0.2) is 0 Å². The summed E-state index contributed by atoms with van der Waals surface area (Å²) in [5.41, 5.74) is 3.06. The van der Waals surface area contributed by atoms with Crippen LogP contribution in [-0.2, 0) is 18.3 Å². The first-order valence-corrected chi connectivity index (χ1v) is 9.47. The molecule has 5 nitrogen and oxygen atoms in total. The Kier molecular flexibility index (Phi) is 5.36. The Morgan fingerprint density at radius 3 is 2.71 bits per heavy atom.